The van der Waals surface area contributed by atoms with Crippen LogP contribution in [0.3, 0.4) is 0 Å². The molecule has 0 spiro atoms. The van der Waals surface area contributed by atoms with Gasteiger partial charge in [0.25, 0.3) is 5.56 Å². The first kappa shape index (κ1) is 15.7. The largest absolute Gasteiger partial charge is 0.447 e. The standard InChI is InChI=1S/C14H16N6O4/c1-8(12-15-4-5-24-12)17-9(21)6-20-7-16-11-10(20)13(22)19(3)14(23)18(11)2/h4-5,7-8H,6H2,1-3H3,(H,17,21). The highest BCUT2D eigenvalue weighted by atomic mass is 16.3. The van der Waals surface area contributed by atoms with Gasteiger partial charge in [0.05, 0.1) is 12.5 Å². The van der Waals surface area contributed by atoms with E-state index in [1.165, 1.54) is 42.0 Å². The molecule has 0 aliphatic rings. The third-order valence-corrected chi connectivity index (χ3v) is 3.73. The Hall–Kier alpha value is -3.17. The maximum atomic E-state index is 12.3. The monoisotopic (exact) mass is 332 g/mol. The predicted molar refractivity (Wildman–Crippen MR) is 83.3 cm³/mol. The molecule has 24 heavy (non-hydrogen) atoms. The van der Waals surface area contributed by atoms with E-state index in [0.29, 0.717) is 5.89 Å². The van der Waals surface area contributed by atoms with Crippen molar-refractivity contribution in [2.24, 2.45) is 14.1 Å². The van der Waals surface area contributed by atoms with Gasteiger partial charge in [-0.15, -0.1) is 0 Å². The smallest absolute Gasteiger partial charge is 0.332 e. The van der Waals surface area contributed by atoms with Gasteiger partial charge in [-0.25, -0.2) is 14.8 Å². The summed E-state index contributed by atoms with van der Waals surface area (Å²) in [6.07, 6.45) is 4.28. The second kappa shape index (κ2) is 5.80. The lowest BCUT2D eigenvalue weighted by Gasteiger charge is -2.11. The third-order valence-electron chi connectivity index (χ3n) is 3.73. The number of nitrogens with zero attached hydrogens (tertiary/aromatic N) is 5. The Morgan fingerprint density at radius 1 is 1.29 bits per heavy atom. The lowest BCUT2D eigenvalue weighted by Crippen LogP contribution is -2.38. The molecule has 1 unspecified atom stereocenters. The number of hydrogen-bond acceptors (Lipinski definition) is 6. The summed E-state index contributed by atoms with van der Waals surface area (Å²) >= 11 is 0. The molecule has 0 aliphatic heterocycles. The minimum atomic E-state index is -0.501. The Bertz CT molecular complexity index is 1010. The maximum Gasteiger partial charge on any atom is 0.332 e. The van der Waals surface area contributed by atoms with Crippen molar-refractivity contribution in [2.45, 2.75) is 19.5 Å². The molecule has 0 aromatic carbocycles. The van der Waals surface area contributed by atoms with Gasteiger partial charge in [-0.2, -0.15) is 0 Å². The first-order chi connectivity index (χ1) is 11.4. The molecule has 126 valence electrons. The molecule has 0 fully saturated rings. The van der Waals surface area contributed by atoms with Gasteiger partial charge in [0, 0.05) is 14.1 Å². The number of hydrogen-bond donors (Lipinski definition) is 1. The molecule has 1 N–H and O–H groups in total. The maximum absolute atomic E-state index is 12.3. The van der Waals surface area contributed by atoms with Crippen LogP contribution in [0.25, 0.3) is 11.2 Å². The van der Waals surface area contributed by atoms with Gasteiger partial charge in [0.15, 0.2) is 11.2 Å². The quantitative estimate of drug-likeness (QED) is 0.675. The molecule has 3 rings (SSSR count). The van der Waals surface area contributed by atoms with Gasteiger partial charge in [-0.05, 0) is 6.92 Å². The highest BCUT2D eigenvalue weighted by Gasteiger charge is 2.18. The summed E-state index contributed by atoms with van der Waals surface area (Å²) in [5.74, 6) is 0.0491. The lowest BCUT2D eigenvalue weighted by molar-refractivity contribution is -0.122. The Morgan fingerprint density at radius 2 is 2.04 bits per heavy atom. The topological polar surface area (TPSA) is 117 Å². The summed E-state index contributed by atoms with van der Waals surface area (Å²) in [6.45, 7) is 1.62. The zero-order valence-electron chi connectivity index (χ0n) is 13.4. The van der Waals surface area contributed by atoms with Gasteiger partial charge in [-0.1, -0.05) is 0 Å². The van der Waals surface area contributed by atoms with E-state index < -0.39 is 17.3 Å². The van der Waals surface area contributed by atoms with Crippen LogP contribution in [-0.4, -0.2) is 29.6 Å². The van der Waals surface area contributed by atoms with Crippen molar-refractivity contribution < 1.29 is 9.21 Å². The van der Waals surface area contributed by atoms with Gasteiger partial charge in [0.2, 0.25) is 11.8 Å². The van der Waals surface area contributed by atoms with E-state index >= 15 is 0 Å². The molecular weight excluding hydrogens is 316 g/mol. The summed E-state index contributed by atoms with van der Waals surface area (Å²) in [5, 5.41) is 2.72. The molecule has 3 aromatic rings. The zero-order chi connectivity index (χ0) is 17.4. The lowest BCUT2D eigenvalue weighted by atomic mass is 10.3. The molecule has 10 heteroatoms. The van der Waals surface area contributed by atoms with Gasteiger partial charge in [-0.3, -0.25) is 18.7 Å². The minimum Gasteiger partial charge on any atom is -0.447 e. The van der Waals surface area contributed by atoms with Gasteiger partial charge >= 0.3 is 5.69 Å². The van der Waals surface area contributed by atoms with Crippen LogP contribution in [0.4, 0.5) is 0 Å². The normalized spacial score (nSPS) is 12.5. The highest BCUT2D eigenvalue weighted by Crippen LogP contribution is 2.09. The van der Waals surface area contributed by atoms with Crippen LogP contribution in [0.2, 0.25) is 0 Å². The van der Waals surface area contributed by atoms with Crippen LogP contribution >= 0.6 is 0 Å². The number of carbonyl (C=O) groups is 1. The van der Waals surface area contributed by atoms with E-state index in [1.807, 2.05) is 0 Å². The van der Waals surface area contributed by atoms with Crippen molar-refractivity contribution in [3.63, 3.8) is 0 Å². The van der Waals surface area contributed by atoms with Crippen molar-refractivity contribution in [3.05, 3.63) is 45.5 Å². The van der Waals surface area contributed by atoms with Crippen LogP contribution in [0, 0.1) is 0 Å². The summed E-state index contributed by atoms with van der Waals surface area (Å²) in [4.78, 5) is 44.4. The van der Waals surface area contributed by atoms with Crippen molar-refractivity contribution >= 4 is 17.1 Å². The second-order valence-corrected chi connectivity index (χ2v) is 5.41. The van der Waals surface area contributed by atoms with Gasteiger partial charge in [0.1, 0.15) is 18.8 Å². The summed E-state index contributed by atoms with van der Waals surface area (Å²) in [6, 6.07) is -0.408. The average Bonchev–Trinajstić information content (AvgIpc) is 3.20. The average molecular weight is 332 g/mol. The van der Waals surface area contributed by atoms with Crippen LogP contribution in [0.5, 0.6) is 0 Å². The number of carbonyl (C=O) groups excluding carboxylic acids is 1. The number of amides is 1. The molecular formula is C14H16N6O4. The minimum absolute atomic E-state index is 0.116. The number of oxazole rings is 1. The molecule has 1 amide bonds. The molecule has 0 saturated carbocycles. The molecule has 3 heterocycles. The Kier molecular flexibility index (Phi) is 3.80. The molecule has 0 aliphatic carbocycles. The Balaban J connectivity index is 1.90. The van der Waals surface area contributed by atoms with Crippen molar-refractivity contribution in [1.29, 1.82) is 0 Å². The molecule has 3 aromatic heterocycles. The predicted octanol–water partition coefficient (Wildman–Crippen LogP) is -0.701. The first-order valence-corrected chi connectivity index (χ1v) is 7.19. The first-order valence-electron chi connectivity index (χ1n) is 7.19. The number of fused-ring (bicyclic) bond motifs is 1. The number of nitrogens with one attached hydrogen (secondary N) is 1. The Morgan fingerprint density at radius 3 is 2.71 bits per heavy atom. The van der Waals surface area contributed by atoms with E-state index in [1.54, 1.807) is 6.92 Å². The van der Waals surface area contributed by atoms with Crippen molar-refractivity contribution in [3.8, 4) is 0 Å². The van der Waals surface area contributed by atoms with Crippen molar-refractivity contribution in [1.82, 2.24) is 29.0 Å². The fourth-order valence-corrected chi connectivity index (χ4v) is 2.47. The number of aromatic nitrogens is 5. The molecule has 0 bridgehead atoms. The van der Waals surface area contributed by atoms with Crippen LogP contribution in [0.15, 0.2) is 32.8 Å². The highest BCUT2D eigenvalue weighted by molar-refractivity contribution is 5.79. The van der Waals surface area contributed by atoms with Crippen LogP contribution < -0.4 is 16.6 Å². The number of aryl methyl sites for hydroxylation is 1. The van der Waals surface area contributed by atoms with Crippen LogP contribution in [0.1, 0.15) is 18.9 Å². The summed E-state index contributed by atoms with van der Waals surface area (Å²) in [5.41, 5.74) is -0.547. The van der Waals surface area contributed by atoms with Crippen molar-refractivity contribution in [2.75, 3.05) is 0 Å². The summed E-state index contributed by atoms with van der Waals surface area (Å²) in [7, 11) is 2.90. The van der Waals surface area contributed by atoms with Gasteiger partial charge < -0.3 is 14.3 Å². The van der Waals surface area contributed by atoms with E-state index in [2.05, 4.69) is 15.3 Å². The molecule has 0 radical (unpaired) electrons. The SMILES string of the molecule is CC(NC(=O)Cn1cnc2c1c(=O)n(C)c(=O)n2C)c1ncco1. The number of imidazole rings is 1. The zero-order valence-corrected chi connectivity index (χ0v) is 13.4. The van der Waals surface area contributed by atoms with E-state index in [0.717, 1.165) is 4.57 Å². The van der Waals surface area contributed by atoms with E-state index in [4.69, 9.17) is 4.42 Å². The fourth-order valence-electron chi connectivity index (χ4n) is 2.47. The van der Waals surface area contributed by atoms with E-state index in [9.17, 15) is 14.4 Å². The number of rotatable bonds is 4. The molecule has 10 nitrogen and oxygen atoms in total. The fraction of sp³-hybridized carbons (Fsp3) is 0.357. The summed E-state index contributed by atoms with van der Waals surface area (Å²) < 4.78 is 8.78. The van der Waals surface area contributed by atoms with Crippen LogP contribution in [-0.2, 0) is 25.4 Å². The second-order valence-electron chi connectivity index (χ2n) is 5.41. The third kappa shape index (κ3) is 2.51. The molecule has 1 atom stereocenters. The molecule has 0 saturated heterocycles. The Labute approximate surface area is 135 Å². The van der Waals surface area contributed by atoms with E-state index in [-0.39, 0.29) is 23.6 Å².